The Hall–Kier alpha value is -3.47. The number of phenolic OH excluding ortho intramolecular Hbond substituents is 1. The molecule has 0 saturated heterocycles. The number of nitro groups is 1. The zero-order valence-electron chi connectivity index (χ0n) is 16.6. The van der Waals surface area contributed by atoms with Gasteiger partial charge in [-0.25, -0.2) is 5.43 Å². The summed E-state index contributed by atoms with van der Waals surface area (Å²) in [6.45, 7) is 2.40. The molecule has 2 aromatic rings. The maximum atomic E-state index is 12.0. The first-order valence-electron chi connectivity index (χ1n) is 9.31. The van der Waals surface area contributed by atoms with Crippen LogP contribution in [0.5, 0.6) is 11.5 Å². The molecule has 0 bridgehead atoms. The summed E-state index contributed by atoms with van der Waals surface area (Å²) in [5.41, 5.74) is 3.00. The minimum Gasteiger partial charge on any atom is -0.503 e. The predicted molar refractivity (Wildman–Crippen MR) is 117 cm³/mol. The van der Waals surface area contributed by atoms with Gasteiger partial charge in [0, 0.05) is 30.7 Å². The average molecular weight is 493 g/mol. The van der Waals surface area contributed by atoms with E-state index in [9.17, 15) is 24.8 Å². The number of amides is 2. The Bertz CT molecular complexity index is 996. The molecule has 2 amide bonds. The molecule has 0 fully saturated rings. The number of hydrogen-bond acceptors (Lipinski definition) is 7. The number of phenols is 1. The molecule has 0 heterocycles. The number of aromatic hydroxyl groups is 1. The Kier molecular flexibility index (Phi) is 8.94. The number of halogens is 1. The standard InChI is InChI=1S/C20H21BrN4O6/c1-2-31-17-10-13(9-16(21)19(17)27)12-23-24-18(26)7-4-8-22-20(28)14-5-3-6-15(11-14)25(29)30/h3,5-6,9-12,27H,2,4,7-8H2,1H3,(H,22,28)(H,24,26). The second-order valence-electron chi connectivity index (χ2n) is 6.24. The number of nitrogens with one attached hydrogen (secondary N) is 2. The van der Waals surface area contributed by atoms with Crippen molar-refractivity contribution in [2.45, 2.75) is 19.8 Å². The molecule has 0 aliphatic carbocycles. The highest BCUT2D eigenvalue weighted by Crippen LogP contribution is 2.35. The van der Waals surface area contributed by atoms with Crippen molar-refractivity contribution >= 4 is 39.6 Å². The van der Waals surface area contributed by atoms with Crippen molar-refractivity contribution in [3.8, 4) is 11.5 Å². The molecule has 2 rings (SSSR count). The van der Waals surface area contributed by atoms with E-state index in [2.05, 4.69) is 31.8 Å². The normalized spacial score (nSPS) is 10.6. The smallest absolute Gasteiger partial charge is 0.270 e. The van der Waals surface area contributed by atoms with Crippen molar-refractivity contribution in [2.24, 2.45) is 5.10 Å². The van der Waals surface area contributed by atoms with E-state index < -0.39 is 10.8 Å². The van der Waals surface area contributed by atoms with E-state index in [0.29, 0.717) is 28.8 Å². The second kappa shape index (κ2) is 11.6. The van der Waals surface area contributed by atoms with Crippen LogP contribution in [0.3, 0.4) is 0 Å². The van der Waals surface area contributed by atoms with Crippen molar-refractivity contribution in [3.05, 3.63) is 62.1 Å². The van der Waals surface area contributed by atoms with Crippen LogP contribution < -0.4 is 15.5 Å². The fourth-order valence-corrected chi connectivity index (χ4v) is 2.94. The predicted octanol–water partition coefficient (Wildman–Crippen LogP) is 3.12. The lowest BCUT2D eigenvalue weighted by atomic mass is 10.2. The molecule has 164 valence electrons. The molecular formula is C20H21BrN4O6. The van der Waals surface area contributed by atoms with Crippen molar-refractivity contribution in [1.82, 2.24) is 10.7 Å². The fourth-order valence-electron chi connectivity index (χ4n) is 2.48. The number of hydrogen-bond donors (Lipinski definition) is 3. The molecule has 0 unspecified atom stereocenters. The highest BCUT2D eigenvalue weighted by atomic mass is 79.9. The summed E-state index contributed by atoms with van der Waals surface area (Å²) in [6, 6.07) is 8.61. The molecule has 11 heteroatoms. The monoisotopic (exact) mass is 492 g/mol. The lowest BCUT2D eigenvalue weighted by Crippen LogP contribution is -2.26. The third kappa shape index (κ3) is 7.37. The number of carbonyl (C=O) groups excluding carboxylic acids is 2. The Labute approximate surface area is 186 Å². The number of ether oxygens (including phenoxy) is 1. The van der Waals surface area contributed by atoms with Crippen molar-refractivity contribution in [1.29, 1.82) is 0 Å². The van der Waals surface area contributed by atoms with Gasteiger partial charge in [-0.2, -0.15) is 5.10 Å². The largest absolute Gasteiger partial charge is 0.503 e. The number of rotatable bonds is 10. The van der Waals surface area contributed by atoms with Crippen molar-refractivity contribution < 1.29 is 24.4 Å². The number of nitrogens with zero attached hydrogens (tertiary/aromatic N) is 2. The molecule has 0 aromatic heterocycles. The van der Waals surface area contributed by atoms with E-state index in [1.807, 2.05) is 0 Å². The van der Waals surface area contributed by atoms with Gasteiger partial charge in [0.1, 0.15) is 0 Å². The molecule has 31 heavy (non-hydrogen) atoms. The highest BCUT2D eigenvalue weighted by molar-refractivity contribution is 9.10. The van der Waals surface area contributed by atoms with E-state index in [-0.39, 0.29) is 35.9 Å². The van der Waals surface area contributed by atoms with Gasteiger partial charge >= 0.3 is 0 Å². The first-order chi connectivity index (χ1) is 14.8. The first-order valence-corrected chi connectivity index (χ1v) is 10.1. The first kappa shape index (κ1) is 23.8. The van der Waals surface area contributed by atoms with Crippen LogP contribution >= 0.6 is 15.9 Å². The third-order valence-electron chi connectivity index (χ3n) is 3.94. The Balaban J connectivity index is 1.77. The molecule has 2 aromatic carbocycles. The van der Waals surface area contributed by atoms with E-state index >= 15 is 0 Å². The van der Waals surface area contributed by atoms with Crippen LogP contribution in [0.2, 0.25) is 0 Å². The van der Waals surface area contributed by atoms with Gasteiger partial charge in [-0.15, -0.1) is 0 Å². The van der Waals surface area contributed by atoms with E-state index in [0.717, 1.165) is 0 Å². The second-order valence-corrected chi connectivity index (χ2v) is 7.10. The van der Waals surface area contributed by atoms with Crippen LogP contribution in [0.4, 0.5) is 5.69 Å². The summed E-state index contributed by atoms with van der Waals surface area (Å²) < 4.78 is 5.76. The number of carbonyl (C=O) groups is 2. The molecule has 0 aliphatic heterocycles. The fraction of sp³-hybridized carbons (Fsp3) is 0.250. The van der Waals surface area contributed by atoms with Crippen LogP contribution in [-0.4, -0.2) is 41.2 Å². The average Bonchev–Trinajstić information content (AvgIpc) is 2.74. The van der Waals surface area contributed by atoms with Gasteiger partial charge in [0.25, 0.3) is 11.6 Å². The zero-order valence-corrected chi connectivity index (χ0v) is 18.2. The molecule has 0 atom stereocenters. The van der Waals surface area contributed by atoms with E-state index in [4.69, 9.17) is 4.74 Å². The number of hydrazone groups is 1. The van der Waals surface area contributed by atoms with Gasteiger partial charge in [-0.1, -0.05) is 6.07 Å². The molecular weight excluding hydrogens is 472 g/mol. The van der Waals surface area contributed by atoms with Crippen LogP contribution in [0.25, 0.3) is 0 Å². The third-order valence-corrected chi connectivity index (χ3v) is 4.54. The quantitative estimate of drug-likeness (QED) is 0.201. The number of non-ortho nitro benzene ring substituents is 1. The van der Waals surface area contributed by atoms with Gasteiger partial charge in [0.15, 0.2) is 11.5 Å². The molecule has 0 saturated carbocycles. The minimum absolute atomic E-state index is 0.0183. The number of nitro benzene ring substituents is 1. The highest BCUT2D eigenvalue weighted by Gasteiger charge is 2.11. The van der Waals surface area contributed by atoms with E-state index in [1.165, 1.54) is 30.5 Å². The molecule has 0 spiro atoms. The van der Waals surface area contributed by atoms with Crippen LogP contribution in [0, 0.1) is 10.1 Å². The topological polar surface area (TPSA) is 143 Å². The van der Waals surface area contributed by atoms with E-state index in [1.54, 1.807) is 19.1 Å². The lowest BCUT2D eigenvalue weighted by Gasteiger charge is -2.08. The summed E-state index contributed by atoms with van der Waals surface area (Å²) in [4.78, 5) is 34.1. The SMILES string of the molecule is CCOc1cc(C=NNC(=O)CCCNC(=O)c2cccc([N+](=O)[O-])c2)cc(Br)c1O. The maximum Gasteiger partial charge on any atom is 0.270 e. The Morgan fingerprint density at radius 2 is 2.10 bits per heavy atom. The van der Waals surface area contributed by atoms with Gasteiger partial charge in [0.05, 0.1) is 22.2 Å². The van der Waals surface area contributed by atoms with Gasteiger partial charge in [-0.05, 0) is 53.0 Å². The summed E-state index contributed by atoms with van der Waals surface area (Å²) in [7, 11) is 0. The summed E-state index contributed by atoms with van der Waals surface area (Å²) >= 11 is 3.22. The van der Waals surface area contributed by atoms with Crippen LogP contribution in [-0.2, 0) is 4.79 Å². The lowest BCUT2D eigenvalue weighted by molar-refractivity contribution is -0.384. The zero-order chi connectivity index (χ0) is 22.8. The molecule has 10 nitrogen and oxygen atoms in total. The molecule has 0 radical (unpaired) electrons. The minimum atomic E-state index is -0.573. The molecule has 3 N–H and O–H groups in total. The number of benzene rings is 2. The summed E-state index contributed by atoms with van der Waals surface area (Å²) in [5, 5.41) is 27.1. The van der Waals surface area contributed by atoms with Crippen molar-refractivity contribution in [2.75, 3.05) is 13.2 Å². The summed E-state index contributed by atoms with van der Waals surface area (Å²) in [5.74, 6) is -0.520. The Morgan fingerprint density at radius 3 is 2.81 bits per heavy atom. The van der Waals surface area contributed by atoms with Gasteiger partial charge < -0.3 is 15.2 Å². The molecule has 0 aliphatic rings. The summed E-state index contributed by atoms with van der Waals surface area (Å²) in [6.07, 6.45) is 1.89. The van der Waals surface area contributed by atoms with Crippen molar-refractivity contribution in [3.63, 3.8) is 0 Å². The Morgan fingerprint density at radius 1 is 1.32 bits per heavy atom. The maximum absolute atomic E-state index is 12.0. The van der Waals surface area contributed by atoms with Crippen LogP contribution in [0.15, 0.2) is 46.0 Å². The van der Waals surface area contributed by atoms with Crippen LogP contribution in [0.1, 0.15) is 35.7 Å². The van der Waals surface area contributed by atoms with Gasteiger partial charge in [-0.3, -0.25) is 19.7 Å². The van der Waals surface area contributed by atoms with Gasteiger partial charge in [0.2, 0.25) is 5.91 Å².